The third-order valence-electron chi connectivity index (χ3n) is 2.47. The summed E-state index contributed by atoms with van der Waals surface area (Å²) >= 11 is 0. The van der Waals surface area contributed by atoms with E-state index in [4.69, 9.17) is 4.74 Å². The van der Waals surface area contributed by atoms with Gasteiger partial charge < -0.3 is 9.84 Å². The van der Waals surface area contributed by atoms with E-state index in [0.717, 1.165) is 16.7 Å². The first-order valence-electron chi connectivity index (χ1n) is 5.48. The topological polar surface area (TPSA) is 42.4 Å². The first-order valence-corrected chi connectivity index (χ1v) is 5.48. The van der Waals surface area contributed by atoms with Crippen LogP contribution in [-0.2, 0) is 4.74 Å². The van der Waals surface area contributed by atoms with Crippen molar-refractivity contribution in [2.75, 3.05) is 6.61 Å². The molecule has 2 rings (SSSR count). The highest BCUT2D eigenvalue weighted by molar-refractivity contribution is 5.85. The van der Waals surface area contributed by atoms with Crippen molar-refractivity contribution in [3.8, 4) is 0 Å². The van der Waals surface area contributed by atoms with Crippen LogP contribution in [0.25, 0.3) is 11.3 Å². The van der Waals surface area contributed by atoms with E-state index >= 15 is 0 Å². The van der Waals surface area contributed by atoms with E-state index in [1.807, 2.05) is 19.1 Å². The molecule has 0 radical (unpaired) electrons. The van der Waals surface area contributed by atoms with E-state index in [9.17, 15) is 5.11 Å². The monoisotopic (exact) mass is 265 g/mol. The predicted octanol–water partition coefficient (Wildman–Crippen LogP) is 3.74. The van der Waals surface area contributed by atoms with Crippen molar-refractivity contribution in [3.63, 3.8) is 0 Å². The van der Waals surface area contributed by atoms with E-state index in [0.29, 0.717) is 18.7 Å². The lowest BCUT2D eigenvalue weighted by atomic mass is 9.96. The number of aliphatic hydroxyl groups is 1. The van der Waals surface area contributed by atoms with Gasteiger partial charge in [0.05, 0.1) is 6.26 Å². The maximum Gasteiger partial charge on any atom is 0.138 e. The van der Waals surface area contributed by atoms with Gasteiger partial charge in [-0.15, -0.1) is 12.4 Å². The molecule has 1 aliphatic rings. The highest BCUT2D eigenvalue weighted by Gasteiger charge is 2.16. The van der Waals surface area contributed by atoms with Crippen LogP contribution in [-0.4, -0.2) is 16.7 Å². The van der Waals surface area contributed by atoms with Crippen molar-refractivity contribution >= 4 is 23.7 Å². The molecule has 0 aliphatic heterocycles. The van der Waals surface area contributed by atoms with Gasteiger partial charge in [-0.2, -0.15) is 0 Å². The van der Waals surface area contributed by atoms with Gasteiger partial charge in [-0.3, -0.25) is 4.98 Å². The van der Waals surface area contributed by atoms with Crippen molar-refractivity contribution < 1.29 is 9.84 Å². The Hall–Kier alpha value is -1.74. The second-order valence-corrected chi connectivity index (χ2v) is 4.10. The molecule has 0 saturated carbocycles. The van der Waals surface area contributed by atoms with Crippen LogP contribution in [0.2, 0.25) is 0 Å². The van der Waals surface area contributed by atoms with Gasteiger partial charge >= 0.3 is 0 Å². The fraction of sp³-hybridized carbons (Fsp3) is 0.214. The number of pyridine rings is 1. The Morgan fingerprint density at radius 1 is 1.61 bits per heavy atom. The fourth-order valence-electron chi connectivity index (χ4n) is 1.68. The lowest BCUT2D eigenvalue weighted by Crippen LogP contribution is -2.02. The fourth-order valence-corrected chi connectivity index (χ4v) is 1.68. The highest BCUT2D eigenvalue weighted by atomic mass is 35.5. The number of hydrogen-bond donors (Lipinski definition) is 1. The Bertz CT molecular complexity index is 506. The molecule has 0 saturated heterocycles. The van der Waals surface area contributed by atoms with Crippen LogP contribution in [0.4, 0.5) is 0 Å². The molecule has 18 heavy (non-hydrogen) atoms. The standard InChI is InChI=1S/C14H15NO2.ClH/c1-10(2)8-17-9-11-5-6-13(16)14-12(11)4-3-7-15-14;/h3-4,6-7,9,16H,1,5,8H2,2H3;1H. The summed E-state index contributed by atoms with van der Waals surface area (Å²) in [6.07, 6.45) is 5.78. The van der Waals surface area contributed by atoms with E-state index < -0.39 is 0 Å². The normalized spacial score (nSPS) is 15.4. The van der Waals surface area contributed by atoms with Crippen molar-refractivity contribution in [1.29, 1.82) is 0 Å². The Balaban J connectivity index is 0.00000162. The van der Waals surface area contributed by atoms with Crippen LogP contribution in [0.3, 0.4) is 0 Å². The van der Waals surface area contributed by atoms with Crippen LogP contribution in [0.15, 0.2) is 42.8 Å². The zero-order valence-electron chi connectivity index (χ0n) is 10.2. The largest absolute Gasteiger partial charge is 0.506 e. The molecule has 1 aromatic heterocycles. The summed E-state index contributed by atoms with van der Waals surface area (Å²) in [6, 6.07) is 3.78. The Morgan fingerprint density at radius 2 is 2.39 bits per heavy atom. The number of hydrogen-bond acceptors (Lipinski definition) is 3. The number of aliphatic hydroxyl groups excluding tert-OH is 1. The van der Waals surface area contributed by atoms with Gasteiger partial charge in [0, 0.05) is 17.3 Å². The van der Waals surface area contributed by atoms with Crippen LogP contribution in [0.5, 0.6) is 0 Å². The number of ether oxygens (including phenoxy) is 1. The molecule has 0 spiro atoms. The Labute approximate surface area is 113 Å². The number of halogens is 1. The van der Waals surface area contributed by atoms with E-state index in [1.54, 1.807) is 18.5 Å². The average molecular weight is 266 g/mol. The second kappa shape index (κ2) is 6.26. The average Bonchev–Trinajstić information content (AvgIpc) is 2.32. The SMILES string of the molecule is C=C(C)COC=C1CC=C(O)c2ncccc21.Cl. The third-order valence-corrected chi connectivity index (χ3v) is 2.47. The van der Waals surface area contributed by atoms with Gasteiger partial charge in [0.1, 0.15) is 18.1 Å². The van der Waals surface area contributed by atoms with Crippen LogP contribution in [0, 0.1) is 0 Å². The number of fused-ring (bicyclic) bond motifs is 1. The first kappa shape index (κ1) is 14.3. The second-order valence-electron chi connectivity index (χ2n) is 4.10. The summed E-state index contributed by atoms with van der Waals surface area (Å²) < 4.78 is 5.43. The molecule has 1 aromatic rings. The molecule has 1 aliphatic carbocycles. The van der Waals surface area contributed by atoms with Gasteiger partial charge in [0.15, 0.2) is 0 Å². The van der Waals surface area contributed by atoms with E-state index in [1.165, 1.54) is 0 Å². The zero-order chi connectivity index (χ0) is 12.3. The number of nitrogens with zero attached hydrogens (tertiary/aromatic N) is 1. The molecule has 0 atom stereocenters. The molecule has 96 valence electrons. The molecular weight excluding hydrogens is 250 g/mol. The molecule has 0 aromatic carbocycles. The third kappa shape index (κ3) is 3.14. The van der Waals surface area contributed by atoms with Crippen molar-refractivity contribution in [2.45, 2.75) is 13.3 Å². The number of allylic oxidation sites excluding steroid dienone is 2. The molecule has 3 nitrogen and oxygen atoms in total. The Kier molecular flexibility index (Phi) is 4.98. The zero-order valence-corrected chi connectivity index (χ0v) is 11.0. The molecule has 1 heterocycles. The number of aromatic nitrogens is 1. The molecular formula is C14H16ClNO2. The van der Waals surface area contributed by atoms with Gasteiger partial charge in [-0.05, 0) is 31.1 Å². The van der Waals surface area contributed by atoms with E-state index in [2.05, 4.69) is 11.6 Å². The van der Waals surface area contributed by atoms with Gasteiger partial charge in [0.2, 0.25) is 0 Å². The molecule has 0 bridgehead atoms. The minimum atomic E-state index is 0. The van der Waals surface area contributed by atoms with Crippen molar-refractivity contribution in [1.82, 2.24) is 4.98 Å². The van der Waals surface area contributed by atoms with Crippen LogP contribution in [0.1, 0.15) is 24.6 Å². The summed E-state index contributed by atoms with van der Waals surface area (Å²) in [4.78, 5) is 4.16. The minimum absolute atomic E-state index is 0. The van der Waals surface area contributed by atoms with Crippen molar-refractivity contribution in [3.05, 3.63) is 54.1 Å². The quantitative estimate of drug-likeness (QED) is 0.669. The summed E-state index contributed by atoms with van der Waals surface area (Å²) in [5, 5.41) is 9.71. The summed E-state index contributed by atoms with van der Waals surface area (Å²) in [6.45, 7) is 6.20. The van der Waals surface area contributed by atoms with Gasteiger partial charge in [-0.25, -0.2) is 0 Å². The molecule has 4 heteroatoms. The van der Waals surface area contributed by atoms with E-state index in [-0.39, 0.29) is 18.2 Å². The maximum absolute atomic E-state index is 9.71. The molecule has 0 unspecified atom stereocenters. The van der Waals surface area contributed by atoms with Crippen LogP contribution < -0.4 is 0 Å². The van der Waals surface area contributed by atoms with Crippen molar-refractivity contribution in [2.24, 2.45) is 0 Å². The smallest absolute Gasteiger partial charge is 0.138 e. The number of rotatable bonds is 3. The summed E-state index contributed by atoms with van der Waals surface area (Å²) in [7, 11) is 0. The Morgan fingerprint density at radius 3 is 3.11 bits per heavy atom. The summed E-state index contributed by atoms with van der Waals surface area (Å²) in [5.41, 5.74) is 3.53. The maximum atomic E-state index is 9.71. The first-order chi connectivity index (χ1) is 8.18. The highest BCUT2D eigenvalue weighted by Crippen LogP contribution is 2.30. The lowest BCUT2D eigenvalue weighted by Gasteiger charge is -2.15. The summed E-state index contributed by atoms with van der Waals surface area (Å²) in [5.74, 6) is 0.234. The van der Waals surface area contributed by atoms with Gasteiger partial charge in [0.25, 0.3) is 0 Å². The van der Waals surface area contributed by atoms with Gasteiger partial charge in [-0.1, -0.05) is 12.6 Å². The molecule has 0 amide bonds. The predicted molar refractivity (Wildman–Crippen MR) is 75.5 cm³/mol. The van der Waals surface area contributed by atoms with Crippen LogP contribution >= 0.6 is 12.4 Å². The lowest BCUT2D eigenvalue weighted by molar-refractivity contribution is 0.282. The molecule has 1 N–H and O–H groups in total. The molecule has 0 fully saturated rings. The minimum Gasteiger partial charge on any atom is -0.506 e.